The Labute approximate surface area is 111 Å². The highest BCUT2D eigenvalue weighted by Crippen LogP contribution is 2.05. The van der Waals surface area contributed by atoms with Crippen molar-refractivity contribution >= 4 is 11.9 Å². The van der Waals surface area contributed by atoms with Gasteiger partial charge in [-0.15, -0.1) is 6.58 Å². The van der Waals surface area contributed by atoms with Crippen molar-refractivity contribution in [2.45, 2.75) is 0 Å². The van der Waals surface area contributed by atoms with E-state index in [1.165, 1.54) is 18.2 Å². The monoisotopic (exact) mass is 264 g/mol. The van der Waals surface area contributed by atoms with Crippen LogP contribution in [0.25, 0.3) is 0 Å². The van der Waals surface area contributed by atoms with Crippen LogP contribution in [0.15, 0.2) is 41.9 Å². The molecule has 1 aromatic rings. The van der Waals surface area contributed by atoms with Crippen LogP contribution in [0.1, 0.15) is 10.4 Å². The number of benzene rings is 1. The summed E-state index contributed by atoms with van der Waals surface area (Å²) < 4.78 is 13.3. The second kappa shape index (κ2) is 7.86. The predicted octanol–water partition coefficient (Wildman–Crippen LogP) is 0.646. The molecule has 0 heterocycles. The topological polar surface area (TPSA) is 79.5 Å². The first-order chi connectivity index (χ1) is 9.15. The van der Waals surface area contributed by atoms with Crippen molar-refractivity contribution in [3.05, 3.63) is 48.3 Å². The molecule has 0 saturated carbocycles. The van der Waals surface area contributed by atoms with Gasteiger partial charge in [0, 0.05) is 13.1 Å². The Kier molecular flexibility index (Phi) is 6.08. The first kappa shape index (κ1) is 14.7. The molecule has 0 radical (unpaired) electrons. The summed E-state index contributed by atoms with van der Waals surface area (Å²) in [5.74, 6) is -0.735. The molecular formula is C13H17FN4O. The standard InChI is InChI=1S/C13H17FN4O/c1-2-7-17-13(15)18-9-8-16-12(19)10-5-3-4-6-11(10)14/h2-6H,1,7-9H2,(H,16,19)(H3,15,17,18). The van der Waals surface area contributed by atoms with Gasteiger partial charge in [-0.25, -0.2) is 4.39 Å². The number of hydrogen-bond donors (Lipinski definition) is 3. The van der Waals surface area contributed by atoms with Crippen LogP contribution in [-0.2, 0) is 0 Å². The number of aliphatic imine (C=N–C) groups is 1. The lowest BCUT2D eigenvalue weighted by molar-refractivity contribution is 0.0951. The van der Waals surface area contributed by atoms with Crippen molar-refractivity contribution in [1.29, 1.82) is 0 Å². The zero-order valence-corrected chi connectivity index (χ0v) is 10.5. The summed E-state index contributed by atoms with van der Waals surface area (Å²) in [6.45, 7) is 4.65. The minimum Gasteiger partial charge on any atom is -0.370 e. The van der Waals surface area contributed by atoms with Gasteiger partial charge in [-0.2, -0.15) is 0 Å². The van der Waals surface area contributed by atoms with E-state index in [1.54, 1.807) is 12.1 Å². The molecule has 0 fully saturated rings. The number of nitrogens with two attached hydrogens (primary N) is 1. The summed E-state index contributed by atoms with van der Waals surface area (Å²) in [5, 5.41) is 5.36. The fourth-order valence-corrected chi connectivity index (χ4v) is 1.32. The summed E-state index contributed by atoms with van der Waals surface area (Å²) in [6, 6.07) is 5.80. The molecule has 0 unspecified atom stereocenters. The molecule has 0 aliphatic heterocycles. The highest BCUT2D eigenvalue weighted by atomic mass is 19.1. The number of carbonyl (C=O) groups is 1. The average molecular weight is 264 g/mol. The van der Waals surface area contributed by atoms with E-state index in [4.69, 9.17) is 5.73 Å². The van der Waals surface area contributed by atoms with E-state index >= 15 is 0 Å². The van der Waals surface area contributed by atoms with Crippen LogP contribution in [0.4, 0.5) is 4.39 Å². The maximum atomic E-state index is 13.3. The van der Waals surface area contributed by atoms with Crippen molar-refractivity contribution < 1.29 is 9.18 Å². The Morgan fingerprint density at radius 1 is 1.42 bits per heavy atom. The molecule has 0 saturated heterocycles. The Bertz CT molecular complexity index is 473. The zero-order chi connectivity index (χ0) is 14.1. The third-order valence-electron chi connectivity index (χ3n) is 2.23. The number of carbonyl (C=O) groups excluding carboxylic acids is 1. The maximum absolute atomic E-state index is 13.3. The summed E-state index contributed by atoms with van der Waals surface area (Å²) in [5.41, 5.74) is 5.55. The molecule has 0 aliphatic carbocycles. The van der Waals surface area contributed by atoms with E-state index < -0.39 is 11.7 Å². The predicted molar refractivity (Wildman–Crippen MR) is 73.4 cm³/mol. The molecule has 0 aliphatic rings. The zero-order valence-electron chi connectivity index (χ0n) is 10.5. The van der Waals surface area contributed by atoms with Gasteiger partial charge >= 0.3 is 0 Å². The van der Waals surface area contributed by atoms with Crippen LogP contribution in [0.2, 0.25) is 0 Å². The number of amides is 1. The van der Waals surface area contributed by atoms with Crippen LogP contribution in [0.5, 0.6) is 0 Å². The Morgan fingerprint density at radius 3 is 2.84 bits per heavy atom. The first-order valence-electron chi connectivity index (χ1n) is 5.82. The SMILES string of the molecule is C=CCNC(N)=NCCNC(=O)c1ccccc1F. The van der Waals surface area contributed by atoms with Gasteiger partial charge in [-0.05, 0) is 12.1 Å². The molecule has 1 aromatic carbocycles. The molecule has 6 heteroatoms. The van der Waals surface area contributed by atoms with E-state index in [0.29, 0.717) is 13.1 Å². The molecule has 102 valence electrons. The number of halogens is 1. The van der Waals surface area contributed by atoms with Crippen molar-refractivity contribution in [2.75, 3.05) is 19.6 Å². The summed E-state index contributed by atoms with van der Waals surface area (Å²) in [4.78, 5) is 15.6. The second-order valence-corrected chi connectivity index (χ2v) is 3.67. The van der Waals surface area contributed by atoms with Gasteiger partial charge in [0.15, 0.2) is 5.96 Å². The molecule has 4 N–H and O–H groups in total. The number of rotatable bonds is 6. The summed E-state index contributed by atoms with van der Waals surface area (Å²) in [6.07, 6.45) is 1.66. The van der Waals surface area contributed by atoms with Crippen molar-refractivity contribution in [2.24, 2.45) is 10.7 Å². The van der Waals surface area contributed by atoms with Gasteiger partial charge in [0.1, 0.15) is 5.82 Å². The lowest BCUT2D eigenvalue weighted by Gasteiger charge is -2.05. The minimum atomic E-state index is -0.546. The van der Waals surface area contributed by atoms with E-state index in [-0.39, 0.29) is 18.1 Å². The van der Waals surface area contributed by atoms with E-state index in [0.717, 1.165) is 0 Å². The van der Waals surface area contributed by atoms with Gasteiger partial charge in [0.2, 0.25) is 0 Å². The Balaban J connectivity index is 2.36. The molecule has 0 atom stereocenters. The fraction of sp³-hybridized carbons (Fsp3) is 0.231. The largest absolute Gasteiger partial charge is 0.370 e. The summed E-state index contributed by atoms with van der Waals surface area (Å²) in [7, 11) is 0. The lowest BCUT2D eigenvalue weighted by Crippen LogP contribution is -2.33. The van der Waals surface area contributed by atoms with Crippen LogP contribution in [0, 0.1) is 5.82 Å². The van der Waals surface area contributed by atoms with E-state index in [1.807, 2.05) is 0 Å². The Morgan fingerprint density at radius 2 is 2.16 bits per heavy atom. The molecule has 0 bridgehead atoms. The molecule has 1 rings (SSSR count). The highest BCUT2D eigenvalue weighted by Gasteiger charge is 2.09. The quantitative estimate of drug-likeness (QED) is 0.305. The first-order valence-corrected chi connectivity index (χ1v) is 5.82. The van der Waals surface area contributed by atoms with Crippen LogP contribution >= 0.6 is 0 Å². The molecule has 5 nitrogen and oxygen atoms in total. The van der Waals surface area contributed by atoms with Crippen LogP contribution in [-0.4, -0.2) is 31.5 Å². The number of hydrogen-bond acceptors (Lipinski definition) is 2. The van der Waals surface area contributed by atoms with Crippen molar-refractivity contribution in [1.82, 2.24) is 10.6 Å². The number of nitrogens with zero attached hydrogens (tertiary/aromatic N) is 1. The Hall–Kier alpha value is -2.37. The average Bonchev–Trinajstić information content (AvgIpc) is 2.41. The van der Waals surface area contributed by atoms with Gasteiger partial charge in [-0.1, -0.05) is 18.2 Å². The normalized spacial score (nSPS) is 10.9. The van der Waals surface area contributed by atoms with E-state index in [9.17, 15) is 9.18 Å². The summed E-state index contributed by atoms with van der Waals surface area (Å²) >= 11 is 0. The highest BCUT2D eigenvalue weighted by molar-refractivity contribution is 5.94. The third-order valence-corrected chi connectivity index (χ3v) is 2.23. The van der Waals surface area contributed by atoms with Gasteiger partial charge in [-0.3, -0.25) is 9.79 Å². The maximum Gasteiger partial charge on any atom is 0.254 e. The second-order valence-electron chi connectivity index (χ2n) is 3.67. The molecule has 0 aromatic heterocycles. The smallest absolute Gasteiger partial charge is 0.254 e. The molecule has 0 spiro atoms. The van der Waals surface area contributed by atoms with E-state index in [2.05, 4.69) is 22.2 Å². The number of nitrogens with one attached hydrogen (secondary N) is 2. The minimum absolute atomic E-state index is 0.0178. The van der Waals surface area contributed by atoms with Crippen molar-refractivity contribution in [3.8, 4) is 0 Å². The number of guanidine groups is 1. The van der Waals surface area contributed by atoms with Crippen LogP contribution in [0.3, 0.4) is 0 Å². The van der Waals surface area contributed by atoms with Gasteiger partial charge < -0.3 is 16.4 Å². The van der Waals surface area contributed by atoms with Gasteiger partial charge in [0.05, 0.1) is 12.1 Å². The molecular weight excluding hydrogens is 247 g/mol. The lowest BCUT2D eigenvalue weighted by atomic mass is 10.2. The fourth-order valence-electron chi connectivity index (χ4n) is 1.32. The van der Waals surface area contributed by atoms with Crippen molar-refractivity contribution in [3.63, 3.8) is 0 Å². The van der Waals surface area contributed by atoms with Crippen LogP contribution < -0.4 is 16.4 Å². The molecule has 19 heavy (non-hydrogen) atoms. The third kappa shape index (κ3) is 5.20. The molecule has 1 amide bonds. The van der Waals surface area contributed by atoms with Gasteiger partial charge in [0.25, 0.3) is 5.91 Å².